The van der Waals surface area contributed by atoms with Crippen molar-refractivity contribution >= 4 is 53.5 Å². The predicted octanol–water partition coefficient (Wildman–Crippen LogP) is 4.38. The molecular weight excluding hydrogens is 443 g/mol. The normalized spacial score (nSPS) is 18.2. The quantitative estimate of drug-likeness (QED) is 0.574. The summed E-state index contributed by atoms with van der Waals surface area (Å²) in [6.45, 7) is 6.37. The molecule has 3 aromatic heterocycles. The molecule has 0 aromatic carbocycles. The number of nitrogens with zero attached hydrogens (tertiary/aromatic N) is 4. The highest BCUT2D eigenvalue weighted by Crippen LogP contribution is 2.30. The van der Waals surface area contributed by atoms with E-state index in [1.807, 2.05) is 29.8 Å². The highest BCUT2D eigenvalue weighted by molar-refractivity contribution is 7.13. The van der Waals surface area contributed by atoms with Gasteiger partial charge in [0.1, 0.15) is 16.5 Å². The summed E-state index contributed by atoms with van der Waals surface area (Å²) in [7, 11) is 1.63. The maximum Gasteiger partial charge on any atom is 0.175 e. The van der Waals surface area contributed by atoms with Crippen LogP contribution in [0.4, 0.5) is 17.3 Å². The number of methoxy groups -OCH3 is 1. The molecule has 0 aliphatic carbocycles. The lowest BCUT2D eigenvalue weighted by molar-refractivity contribution is 0.407. The van der Waals surface area contributed by atoms with E-state index in [0.29, 0.717) is 23.7 Å². The van der Waals surface area contributed by atoms with Crippen molar-refractivity contribution in [2.75, 3.05) is 30.4 Å². The van der Waals surface area contributed by atoms with Crippen molar-refractivity contribution in [3.05, 3.63) is 42.0 Å². The molecule has 162 valence electrons. The van der Waals surface area contributed by atoms with Crippen LogP contribution in [0, 0.1) is 0 Å². The van der Waals surface area contributed by atoms with Crippen LogP contribution in [-0.4, -0.2) is 47.2 Å². The Kier molecular flexibility index (Phi) is 8.66. The molecule has 7 nitrogen and oxygen atoms in total. The molecule has 2 unspecified atom stereocenters. The predicted molar refractivity (Wildman–Crippen MR) is 128 cm³/mol. The molecule has 0 spiro atoms. The van der Waals surface area contributed by atoms with Gasteiger partial charge in [-0.25, -0.2) is 15.0 Å². The summed E-state index contributed by atoms with van der Waals surface area (Å²) < 4.78 is 5.45. The van der Waals surface area contributed by atoms with Gasteiger partial charge in [0.05, 0.1) is 19.0 Å². The van der Waals surface area contributed by atoms with Crippen LogP contribution in [0.1, 0.15) is 13.8 Å². The van der Waals surface area contributed by atoms with Gasteiger partial charge in [-0.1, -0.05) is 0 Å². The maximum absolute atomic E-state index is 5.45. The Labute approximate surface area is 193 Å². The summed E-state index contributed by atoms with van der Waals surface area (Å²) in [6, 6.07) is 8.80. The van der Waals surface area contributed by atoms with Gasteiger partial charge in [0.15, 0.2) is 11.6 Å². The van der Waals surface area contributed by atoms with Crippen molar-refractivity contribution < 1.29 is 4.74 Å². The van der Waals surface area contributed by atoms with Crippen LogP contribution in [0.15, 0.2) is 42.0 Å². The Hall–Kier alpha value is -2.13. The van der Waals surface area contributed by atoms with E-state index >= 15 is 0 Å². The lowest BCUT2D eigenvalue weighted by Crippen LogP contribution is -2.54. The molecule has 2 atom stereocenters. The van der Waals surface area contributed by atoms with Crippen molar-refractivity contribution in [3.63, 3.8) is 0 Å². The van der Waals surface area contributed by atoms with Crippen molar-refractivity contribution in [2.24, 2.45) is 0 Å². The molecule has 3 aromatic rings. The highest BCUT2D eigenvalue weighted by atomic mass is 35.5. The summed E-state index contributed by atoms with van der Waals surface area (Å²) in [4.78, 5) is 15.9. The number of rotatable bonds is 5. The number of anilines is 3. The number of hydrogen-bond donors (Lipinski definition) is 2. The molecule has 30 heavy (non-hydrogen) atoms. The Morgan fingerprint density at radius 3 is 2.47 bits per heavy atom. The zero-order valence-electron chi connectivity index (χ0n) is 17.0. The number of pyridine rings is 2. The first-order valence-electron chi connectivity index (χ1n) is 9.31. The second kappa shape index (κ2) is 10.8. The fourth-order valence-corrected chi connectivity index (χ4v) is 4.08. The minimum Gasteiger partial charge on any atom is -0.493 e. The van der Waals surface area contributed by atoms with E-state index in [4.69, 9.17) is 4.74 Å². The topological polar surface area (TPSA) is 75.2 Å². The van der Waals surface area contributed by atoms with E-state index in [0.717, 1.165) is 35.3 Å². The first-order valence-corrected chi connectivity index (χ1v) is 10.2. The molecule has 0 bridgehead atoms. The van der Waals surface area contributed by atoms with Gasteiger partial charge in [0.2, 0.25) is 0 Å². The number of aromatic nitrogens is 3. The SMILES string of the molecule is COc1ccc(-c2nccs2)nc1Nc1ccc(N2CC(C)NC(C)C2)cn1.Cl.Cl. The third-order valence-electron chi connectivity index (χ3n) is 4.65. The Balaban J connectivity index is 0.00000160. The second-order valence-corrected chi connectivity index (χ2v) is 7.88. The first-order chi connectivity index (χ1) is 13.6. The number of halogens is 2. The van der Waals surface area contributed by atoms with Crippen molar-refractivity contribution in [2.45, 2.75) is 25.9 Å². The summed E-state index contributed by atoms with van der Waals surface area (Å²) in [5, 5.41) is 9.63. The minimum absolute atomic E-state index is 0. The fourth-order valence-electron chi connectivity index (χ4n) is 3.48. The molecule has 0 amide bonds. The fraction of sp³-hybridized carbons (Fsp3) is 0.350. The van der Waals surface area contributed by atoms with Crippen LogP contribution in [0.3, 0.4) is 0 Å². The molecule has 4 heterocycles. The Morgan fingerprint density at radius 2 is 1.87 bits per heavy atom. The second-order valence-electron chi connectivity index (χ2n) is 6.98. The summed E-state index contributed by atoms with van der Waals surface area (Å²) >= 11 is 1.55. The van der Waals surface area contributed by atoms with Gasteiger partial charge >= 0.3 is 0 Å². The van der Waals surface area contributed by atoms with Crippen LogP contribution in [-0.2, 0) is 0 Å². The van der Waals surface area contributed by atoms with Gasteiger partial charge in [-0.3, -0.25) is 0 Å². The summed E-state index contributed by atoms with van der Waals surface area (Å²) in [5.41, 5.74) is 1.93. The number of hydrogen-bond acceptors (Lipinski definition) is 8. The standard InChI is InChI=1S/C20H24N6OS.2ClH/c1-13-11-26(12-14(2)23-13)15-4-7-18(22-10-15)25-19-17(27-3)6-5-16(24-19)20-21-8-9-28-20;;/h4-10,13-14,23H,11-12H2,1-3H3,(H,22,24,25);2*1H. The van der Waals surface area contributed by atoms with E-state index in [9.17, 15) is 0 Å². The molecule has 2 N–H and O–H groups in total. The van der Waals surface area contributed by atoms with Crippen LogP contribution in [0.2, 0.25) is 0 Å². The molecule has 1 aliphatic heterocycles. The van der Waals surface area contributed by atoms with E-state index in [1.54, 1.807) is 24.6 Å². The number of piperazine rings is 1. The van der Waals surface area contributed by atoms with Gasteiger partial charge in [0, 0.05) is 36.8 Å². The molecular formula is C20H26Cl2N6OS. The van der Waals surface area contributed by atoms with E-state index in [1.165, 1.54) is 0 Å². The molecule has 1 aliphatic rings. The molecule has 0 radical (unpaired) electrons. The van der Waals surface area contributed by atoms with Gasteiger partial charge in [-0.2, -0.15) is 0 Å². The Morgan fingerprint density at radius 1 is 1.10 bits per heavy atom. The van der Waals surface area contributed by atoms with Gasteiger partial charge in [-0.15, -0.1) is 36.2 Å². The average molecular weight is 469 g/mol. The van der Waals surface area contributed by atoms with E-state index < -0.39 is 0 Å². The molecule has 1 saturated heterocycles. The van der Waals surface area contributed by atoms with Gasteiger partial charge < -0.3 is 20.3 Å². The number of thiazole rings is 1. The van der Waals surface area contributed by atoms with E-state index in [-0.39, 0.29) is 24.8 Å². The number of nitrogens with one attached hydrogen (secondary N) is 2. The number of ether oxygens (including phenoxy) is 1. The lowest BCUT2D eigenvalue weighted by Gasteiger charge is -2.37. The molecule has 4 rings (SSSR count). The Bertz CT molecular complexity index is 916. The van der Waals surface area contributed by atoms with Crippen LogP contribution < -0.4 is 20.3 Å². The summed E-state index contributed by atoms with van der Waals surface area (Å²) in [5.74, 6) is 2.01. The maximum atomic E-state index is 5.45. The van der Waals surface area contributed by atoms with Crippen molar-refractivity contribution in [1.29, 1.82) is 0 Å². The van der Waals surface area contributed by atoms with Crippen molar-refractivity contribution in [3.8, 4) is 16.5 Å². The first kappa shape index (κ1) is 24.1. The molecule has 0 saturated carbocycles. The largest absolute Gasteiger partial charge is 0.493 e. The van der Waals surface area contributed by atoms with Crippen LogP contribution in [0.5, 0.6) is 5.75 Å². The zero-order valence-corrected chi connectivity index (χ0v) is 19.5. The average Bonchev–Trinajstić information content (AvgIpc) is 3.22. The molecule has 10 heteroatoms. The van der Waals surface area contributed by atoms with Gasteiger partial charge in [0.25, 0.3) is 0 Å². The minimum atomic E-state index is 0. The van der Waals surface area contributed by atoms with Crippen LogP contribution in [0.25, 0.3) is 10.7 Å². The van der Waals surface area contributed by atoms with Gasteiger partial charge in [-0.05, 0) is 38.1 Å². The smallest absolute Gasteiger partial charge is 0.175 e. The van der Waals surface area contributed by atoms with E-state index in [2.05, 4.69) is 50.4 Å². The third kappa shape index (κ3) is 5.51. The highest BCUT2D eigenvalue weighted by Gasteiger charge is 2.21. The monoisotopic (exact) mass is 468 g/mol. The third-order valence-corrected chi connectivity index (χ3v) is 5.44. The lowest BCUT2D eigenvalue weighted by atomic mass is 10.1. The summed E-state index contributed by atoms with van der Waals surface area (Å²) in [6.07, 6.45) is 3.68. The zero-order chi connectivity index (χ0) is 19.5. The van der Waals surface area contributed by atoms with Crippen LogP contribution >= 0.6 is 36.2 Å². The molecule has 1 fully saturated rings. The van der Waals surface area contributed by atoms with Crippen molar-refractivity contribution in [1.82, 2.24) is 20.3 Å².